The molecule has 0 radical (unpaired) electrons. The molecule has 2 rings (SSSR count). The van der Waals surface area contributed by atoms with Crippen LogP contribution in [0.5, 0.6) is 0 Å². The highest BCUT2D eigenvalue weighted by molar-refractivity contribution is 7.87. The summed E-state index contributed by atoms with van der Waals surface area (Å²) in [6.07, 6.45) is 0. The van der Waals surface area contributed by atoms with E-state index in [2.05, 4.69) is 4.72 Å². The van der Waals surface area contributed by atoms with Gasteiger partial charge in [0, 0.05) is 38.9 Å². The standard InChI is InChI=1S/C17H21N3O3S/c1-19(2)16-11-7-10-15(12-16)17(21)18-24(22,23)20(3)13-14-8-5-4-6-9-14/h4-12H,13H2,1-3H3,(H,18,21). The molecule has 0 bridgehead atoms. The van der Waals surface area contributed by atoms with Gasteiger partial charge in [-0.1, -0.05) is 36.4 Å². The van der Waals surface area contributed by atoms with Crippen molar-refractivity contribution in [2.24, 2.45) is 0 Å². The highest BCUT2D eigenvalue weighted by Crippen LogP contribution is 2.14. The Kier molecular flexibility index (Phi) is 5.58. The average Bonchev–Trinajstić information content (AvgIpc) is 2.55. The van der Waals surface area contributed by atoms with Gasteiger partial charge in [-0.15, -0.1) is 0 Å². The summed E-state index contributed by atoms with van der Waals surface area (Å²) >= 11 is 0. The molecule has 2 aromatic rings. The van der Waals surface area contributed by atoms with E-state index >= 15 is 0 Å². The van der Waals surface area contributed by atoms with Crippen molar-refractivity contribution < 1.29 is 13.2 Å². The molecule has 1 amide bonds. The summed E-state index contributed by atoms with van der Waals surface area (Å²) in [5.74, 6) is -0.654. The first-order valence-electron chi connectivity index (χ1n) is 7.39. The molecule has 6 nitrogen and oxygen atoms in total. The summed E-state index contributed by atoms with van der Waals surface area (Å²) in [6, 6.07) is 16.0. The molecule has 0 saturated heterocycles. The van der Waals surface area contributed by atoms with Gasteiger partial charge >= 0.3 is 10.2 Å². The molecule has 2 aromatic carbocycles. The third kappa shape index (κ3) is 4.56. The molecule has 0 fully saturated rings. The number of nitrogens with one attached hydrogen (secondary N) is 1. The van der Waals surface area contributed by atoms with Gasteiger partial charge in [0.15, 0.2) is 0 Å². The molecule has 0 aliphatic carbocycles. The molecule has 1 N–H and O–H groups in total. The van der Waals surface area contributed by atoms with Crippen LogP contribution in [0.3, 0.4) is 0 Å². The second-order valence-electron chi connectivity index (χ2n) is 5.62. The maximum atomic E-state index is 12.3. The minimum absolute atomic E-state index is 0.182. The third-order valence-corrected chi connectivity index (χ3v) is 4.90. The van der Waals surface area contributed by atoms with Gasteiger partial charge in [-0.3, -0.25) is 4.79 Å². The number of hydrogen-bond acceptors (Lipinski definition) is 4. The second kappa shape index (κ2) is 7.46. The van der Waals surface area contributed by atoms with Crippen LogP contribution in [-0.4, -0.2) is 39.8 Å². The second-order valence-corrected chi connectivity index (χ2v) is 7.40. The van der Waals surface area contributed by atoms with Crippen molar-refractivity contribution in [3.63, 3.8) is 0 Å². The van der Waals surface area contributed by atoms with E-state index in [-0.39, 0.29) is 12.1 Å². The van der Waals surface area contributed by atoms with Gasteiger partial charge in [-0.2, -0.15) is 12.7 Å². The number of benzene rings is 2. The van der Waals surface area contributed by atoms with E-state index in [0.717, 1.165) is 15.6 Å². The van der Waals surface area contributed by atoms with E-state index < -0.39 is 16.1 Å². The minimum atomic E-state index is -3.92. The third-order valence-electron chi connectivity index (χ3n) is 3.50. The SMILES string of the molecule is CN(C)c1cccc(C(=O)NS(=O)(=O)N(C)Cc2ccccc2)c1. The fourth-order valence-electron chi connectivity index (χ4n) is 2.10. The summed E-state index contributed by atoms with van der Waals surface area (Å²) in [7, 11) is 1.21. The van der Waals surface area contributed by atoms with Crippen molar-refractivity contribution in [2.75, 3.05) is 26.0 Å². The summed E-state index contributed by atoms with van der Waals surface area (Å²) in [6.45, 7) is 0.182. The first-order valence-corrected chi connectivity index (χ1v) is 8.83. The summed E-state index contributed by atoms with van der Waals surface area (Å²) in [5, 5.41) is 0. The monoisotopic (exact) mass is 347 g/mol. The Balaban J connectivity index is 2.10. The first-order chi connectivity index (χ1) is 11.3. The van der Waals surface area contributed by atoms with Crippen molar-refractivity contribution >= 4 is 21.8 Å². The lowest BCUT2D eigenvalue weighted by molar-refractivity contribution is 0.0979. The van der Waals surface area contributed by atoms with Crippen LogP contribution in [0.1, 0.15) is 15.9 Å². The summed E-state index contributed by atoms with van der Waals surface area (Å²) in [5.41, 5.74) is 1.95. The van der Waals surface area contributed by atoms with E-state index in [0.29, 0.717) is 0 Å². The average molecular weight is 347 g/mol. The highest BCUT2D eigenvalue weighted by Gasteiger charge is 2.21. The molecule has 128 valence electrons. The van der Waals surface area contributed by atoms with Crippen LogP contribution in [0.4, 0.5) is 5.69 Å². The maximum Gasteiger partial charge on any atom is 0.304 e. The Morgan fingerprint density at radius 3 is 2.29 bits per heavy atom. The van der Waals surface area contributed by atoms with E-state index in [1.807, 2.05) is 55.4 Å². The van der Waals surface area contributed by atoms with Gasteiger partial charge in [0.05, 0.1) is 0 Å². The largest absolute Gasteiger partial charge is 0.378 e. The van der Waals surface area contributed by atoms with Crippen LogP contribution < -0.4 is 9.62 Å². The van der Waals surface area contributed by atoms with Gasteiger partial charge in [0.25, 0.3) is 5.91 Å². The van der Waals surface area contributed by atoms with Crippen molar-refractivity contribution in [2.45, 2.75) is 6.54 Å². The smallest absolute Gasteiger partial charge is 0.304 e. The molecule has 0 aromatic heterocycles. The van der Waals surface area contributed by atoms with Crippen LogP contribution in [-0.2, 0) is 16.8 Å². The Bertz CT molecular complexity index is 805. The minimum Gasteiger partial charge on any atom is -0.378 e. The number of rotatable bonds is 6. The highest BCUT2D eigenvalue weighted by atomic mass is 32.2. The zero-order valence-electron chi connectivity index (χ0n) is 13.9. The zero-order valence-corrected chi connectivity index (χ0v) is 14.7. The number of hydrogen-bond donors (Lipinski definition) is 1. The number of carbonyl (C=O) groups excluding carboxylic acids is 1. The van der Waals surface area contributed by atoms with Crippen LogP contribution >= 0.6 is 0 Å². The molecule has 0 aliphatic heterocycles. The Hall–Kier alpha value is -2.38. The lowest BCUT2D eigenvalue weighted by Gasteiger charge is -2.18. The number of anilines is 1. The first kappa shape index (κ1) is 18.0. The van der Waals surface area contributed by atoms with Crippen molar-refractivity contribution in [1.29, 1.82) is 0 Å². The molecule has 7 heteroatoms. The fraction of sp³-hybridized carbons (Fsp3) is 0.235. The van der Waals surface area contributed by atoms with Gasteiger partial charge in [-0.05, 0) is 23.8 Å². The molecular formula is C17H21N3O3S. The van der Waals surface area contributed by atoms with Crippen LogP contribution in [0.15, 0.2) is 54.6 Å². The summed E-state index contributed by atoms with van der Waals surface area (Å²) < 4.78 is 27.8. The number of amides is 1. The fourth-order valence-corrected chi connectivity index (χ4v) is 2.93. The van der Waals surface area contributed by atoms with Gasteiger partial charge in [-0.25, -0.2) is 4.72 Å². The van der Waals surface area contributed by atoms with Crippen molar-refractivity contribution in [1.82, 2.24) is 9.03 Å². The predicted octanol–water partition coefficient (Wildman–Crippen LogP) is 1.86. The zero-order chi connectivity index (χ0) is 17.7. The Morgan fingerprint density at radius 2 is 1.67 bits per heavy atom. The van der Waals surface area contributed by atoms with Crippen molar-refractivity contribution in [3.05, 3.63) is 65.7 Å². The topological polar surface area (TPSA) is 69.7 Å². The number of carbonyl (C=O) groups is 1. The Morgan fingerprint density at radius 1 is 1.00 bits per heavy atom. The lowest BCUT2D eigenvalue weighted by Crippen LogP contribution is -2.41. The molecule has 0 heterocycles. The predicted molar refractivity (Wildman–Crippen MR) is 95.1 cm³/mol. The number of nitrogens with zero attached hydrogens (tertiary/aromatic N) is 2. The molecule has 0 aliphatic rings. The van der Waals surface area contributed by atoms with Gasteiger partial charge in [0.2, 0.25) is 0 Å². The molecule has 0 spiro atoms. The van der Waals surface area contributed by atoms with Gasteiger partial charge < -0.3 is 4.90 Å². The molecule has 0 saturated carbocycles. The van der Waals surface area contributed by atoms with Crippen LogP contribution in [0.2, 0.25) is 0 Å². The lowest BCUT2D eigenvalue weighted by atomic mass is 10.2. The quantitative estimate of drug-likeness (QED) is 0.866. The van der Waals surface area contributed by atoms with Crippen LogP contribution in [0, 0.1) is 0 Å². The van der Waals surface area contributed by atoms with Crippen LogP contribution in [0.25, 0.3) is 0 Å². The maximum absolute atomic E-state index is 12.3. The molecular weight excluding hydrogens is 326 g/mol. The molecule has 24 heavy (non-hydrogen) atoms. The van der Waals surface area contributed by atoms with Gasteiger partial charge in [0.1, 0.15) is 0 Å². The van der Waals surface area contributed by atoms with Crippen molar-refractivity contribution in [3.8, 4) is 0 Å². The molecule has 0 unspecified atom stereocenters. The Labute approximate surface area is 142 Å². The van der Waals surface area contributed by atoms with E-state index in [9.17, 15) is 13.2 Å². The normalized spacial score (nSPS) is 11.3. The molecule has 0 atom stereocenters. The van der Waals surface area contributed by atoms with E-state index in [1.54, 1.807) is 18.2 Å². The summed E-state index contributed by atoms with van der Waals surface area (Å²) in [4.78, 5) is 14.1. The van der Waals surface area contributed by atoms with E-state index in [1.165, 1.54) is 7.05 Å². The van der Waals surface area contributed by atoms with E-state index in [4.69, 9.17) is 0 Å².